The van der Waals surface area contributed by atoms with E-state index in [1.807, 2.05) is 12.1 Å². The number of halogens is 6. The monoisotopic (exact) mass is 786 g/mol. The first kappa shape index (κ1) is 40.9. The van der Waals surface area contributed by atoms with Crippen molar-refractivity contribution in [2.75, 3.05) is 0 Å². The molecule has 4 aromatic rings. The molecule has 0 saturated heterocycles. The van der Waals surface area contributed by atoms with Crippen LogP contribution in [0.25, 0.3) is 0 Å². The lowest BCUT2D eigenvalue weighted by atomic mass is 10.0. The number of aliphatic hydroxyl groups is 3. The first-order valence-corrected chi connectivity index (χ1v) is 17.9. The van der Waals surface area contributed by atoms with Crippen molar-refractivity contribution in [2.45, 2.75) is 93.9 Å². The zero-order chi connectivity index (χ0) is 40.2. The Bertz CT molecular complexity index is 1830. The number of hydrogen-bond acceptors (Lipinski definition) is 7. The summed E-state index contributed by atoms with van der Waals surface area (Å²) in [6.45, 7) is -0.667. The van der Waals surface area contributed by atoms with Crippen LogP contribution in [0.5, 0.6) is 0 Å². The molecule has 0 spiro atoms. The van der Waals surface area contributed by atoms with Gasteiger partial charge in [0.1, 0.15) is 12.2 Å². The summed E-state index contributed by atoms with van der Waals surface area (Å²) in [4.78, 5) is 27.6. The van der Waals surface area contributed by atoms with E-state index in [1.165, 1.54) is 24.3 Å². The molecule has 0 radical (unpaired) electrons. The molecule has 2 amide bonds. The first-order chi connectivity index (χ1) is 26.6. The normalized spacial score (nSPS) is 20.3. The van der Waals surface area contributed by atoms with Crippen molar-refractivity contribution in [3.63, 3.8) is 0 Å². The molecule has 6 atom stereocenters. The second-order valence-corrected chi connectivity index (χ2v) is 14.0. The van der Waals surface area contributed by atoms with Crippen LogP contribution in [0.3, 0.4) is 0 Å². The van der Waals surface area contributed by atoms with Gasteiger partial charge in [0.05, 0.1) is 54.7 Å². The quantitative estimate of drug-likeness (QED) is 0.101. The SMILES string of the molecule is O=C(N[C@H]1c2ccccc2C[C@H]1O)[C@@H](CC(O)C[C@@H](OCc1ccc(C(F)(F)F)cc1)C(=O)N[C@H]1c2ccccc2C[C@H]1O)OCc1ccc(C(F)(F)F)cc1. The summed E-state index contributed by atoms with van der Waals surface area (Å²) in [5.74, 6) is -1.48. The number of amides is 2. The number of alkyl halides is 6. The second-order valence-electron chi connectivity index (χ2n) is 14.0. The Hall–Kier alpha value is -4.80. The predicted molar refractivity (Wildman–Crippen MR) is 189 cm³/mol. The van der Waals surface area contributed by atoms with E-state index in [-0.39, 0.29) is 26.1 Å². The summed E-state index contributed by atoms with van der Waals surface area (Å²) >= 11 is 0. The van der Waals surface area contributed by atoms with Crippen molar-refractivity contribution in [1.29, 1.82) is 0 Å². The van der Waals surface area contributed by atoms with Gasteiger partial charge in [-0.2, -0.15) is 26.3 Å². The molecular weight excluding hydrogens is 746 g/mol. The van der Waals surface area contributed by atoms with Gasteiger partial charge in [0.15, 0.2) is 0 Å². The van der Waals surface area contributed by atoms with Gasteiger partial charge in [-0.25, -0.2) is 0 Å². The zero-order valence-electron chi connectivity index (χ0n) is 29.8. The van der Waals surface area contributed by atoms with Crippen LogP contribution >= 0.6 is 0 Å². The largest absolute Gasteiger partial charge is 0.416 e. The van der Waals surface area contributed by atoms with E-state index in [2.05, 4.69) is 10.6 Å². The van der Waals surface area contributed by atoms with Crippen LogP contribution in [0, 0.1) is 0 Å². The summed E-state index contributed by atoms with van der Waals surface area (Å²) in [5, 5.41) is 38.5. The third-order valence-electron chi connectivity index (χ3n) is 10.0. The molecule has 9 nitrogen and oxygen atoms in total. The maximum Gasteiger partial charge on any atom is 0.416 e. The average molecular weight is 787 g/mol. The van der Waals surface area contributed by atoms with Gasteiger partial charge in [0.25, 0.3) is 0 Å². The maximum atomic E-state index is 13.8. The molecule has 0 aromatic heterocycles. The van der Waals surface area contributed by atoms with Gasteiger partial charge in [-0.1, -0.05) is 72.8 Å². The number of carbonyl (C=O) groups is 2. The summed E-state index contributed by atoms with van der Waals surface area (Å²) in [7, 11) is 0. The number of aliphatic hydroxyl groups excluding tert-OH is 3. The highest BCUT2D eigenvalue weighted by Crippen LogP contribution is 2.34. The number of carbonyl (C=O) groups excluding carboxylic acids is 2. The topological polar surface area (TPSA) is 137 Å². The first-order valence-electron chi connectivity index (χ1n) is 17.9. The van der Waals surface area contributed by atoms with Crippen molar-refractivity contribution in [3.05, 3.63) is 142 Å². The third kappa shape index (κ3) is 9.95. The smallest absolute Gasteiger partial charge is 0.393 e. The van der Waals surface area contributed by atoms with Crippen molar-refractivity contribution < 1.29 is 60.7 Å². The fraction of sp³-hybridized carbons (Fsp3) is 0.366. The average Bonchev–Trinajstić information content (AvgIpc) is 3.65. The van der Waals surface area contributed by atoms with E-state index < -0.39 is 90.7 Å². The molecule has 0 fully saturated rings. The van der Waals surface area contributed by atoms with Gasteiger partial charge >= 0.3 is 12.4 Å². The molecule has 6 rings (SSSR count). The molecule has 5 N–H and O–H groups in total. The zero-order valence-corrected chi connectivity index (χ0v) is 29.8. The molecule has 0 bridgehead atoms. The number of fused-ring (bicyclic) bond motifs is 2. The van der Waals surface area contributed by atoms with Gasteiger partial charge in [-0.05, 0) is 57.6 Å². The van der Waals surface area contributed by atoms with E-state index in [4.69, 9.17) is 9.47 Å². The molecule has 298 valence electrons. The summed E-state index contributed by atoms with van der Waals surface area (Å²) in [6, 6.07) is 20.8. The molecule has 0 heterocycles. The maximum absolute atomic E-state index is 13.8. The van der Waals surface area contributed by atoms with Gasteiger partial charge in [0, 0.05) is 25.7 Å². The Morgan fingerprint density at radius 2 is 0.964 bits per heavy atom. The Morgan fingerprint density at radius 3 is 1.32 bits per heavy atom. The van der Waals surface area contributed by atoms with Crippen LogP contribution in [0.2, 0.25) is 0 Å². The van der Waals surface area contributed by atoms with Crippen LogP contribution in [0.15, 0.2) is 97.1 Å². The number of ether oxygens (including phenoxy) is 2. The van der Waals surface area contributed by atoms with Crippen molar-refractivity contribution in [3.8, 4) is 0 Å². The highest BCUT2D eigenvalue weighted by molar-refractivity contribution is 5.82. The van der Waals surface area contributed by atoms with Crippen LogP contribution in [0.4, 0.5) is 26.3 Å². The molecule has 2 aliphatic rings. The lowest BCUT2D eigenvalue weighted by Gasteiger charge is -2.27. The molecule has 0 saturated carbocycles. The Balaban J connectivity index is 1.20. The Morgan fingerprint density at radius 1 is 0.607 bits per heavy atom. The van der Waals surface area contributed by atoms with Crippen molar-refractivity contribution >= 4 is 11.8 Å². The van der Waals surface area contributed by atoms with Gasteiger partial charge in [-0.15, -0.1) is 0 Å². The van der Waals surface area contributed by atoms with Crippen LogP contribution in [0.1, 0.15) is 69.4 Å². The van der Waals surface area contributed by atoms with Crippen LogP contribution in [-0.4, -0.2) is 57.7 Å². The lowest BCUT2D eigenvalue weighted by molar-refractivity contribution is -0.141. The minimum Gasteiger partial charge on any atom is -0.393 e. The highest BCUT2D eigenvalue weighted by atomic mass is 19.4. The minimum absolute atomic E-state index is 0.272. The number of nitrogens with one attached hydrogen (secondary N) is 2. The van der Waals surface area contributed by atoms with Crippen LogP contribution in [-0.2, 0) is 57.5 Å². The van der Waals surface area contributed by atoms with E-state index in [9.17, 15) is 51.3 Å². The predicted octanol–water partition coefficient (Wildman–Crippen LogP) is 5.88. The van der Waals surface area contributed by atoms with E-state index in [1.54, 1.807) is 36.4 Å². The summed E-state index contributed by atoms with van der Waals surface area (Å²) in [5.41, 5.74) is 1.83. The van der Waals surface area contributed by atoms with Crippen molar-refractivity contribution in [2.24, 2.45) is 0 Å². The van der Waals surface area contributed by atoms with E-state index in [0.29, 0.717) is 22.3 Å². The molecule has 0 aliphatic heterocycles. The Labute approximate surface area is 318 Å². The van der Waals surface area contributed by atoms with Gasteiger partial charge < -0.3 is 35.4 Å². The summed E-state index contributed by atoms with van der Waals surface area (Å²) in [6.07, 6.45) is -15.8. The lowest BCUT2D eigenvalue weighted by Crippen LogP contribution is -2.45. The molecular formula is C41H40F6N2O7. The highest BCUT2D eigenvalue weighted by Gasteiger charge is 2.38. The van der Waals surface area contributed by atoms with Gasteiger partial charge in [0.2, 0.25) is 11.8 Å². The third-order valence-corrected chi connectivity index (χ3v) is 10.0. The molecule has 15 heteroatoms. The minimum atomic E-state index is -4.57. The Kier molecular flexibility index (Phi) is 12.5. The summed E-state index contributed by atoms with van der Waals surface area (Å²) < 4.78 is 90.7. The number of hydrogen-bond donors (Lipinski definition) is 5. The fourth-order valence-corrected chi connectivity index (χ4v) is 7.05. The number of rotatable bonds is 14. The molecule has 56 heavy (non-hydrogen) atoms. The van der Waals surface area contributed by atoms with Crippen LogP contribution < -0.4 is 10.6 Å². The van der Waals surface area contributed by atoms with Gasteiger partial charge in [-0.3, -0.25) is 9.59 Å². The molecule has 0 unspecified atom stereocenters. The molecule has 2 aliphatic carbocycles. The van der Waals surface area contributed by atoms with E-state index >= 15 is 0 Å². The fourth-order valence-electron chi connectivity index (χ4n) is 7.05. The van der Waals surface area contributed by atoms with E-state index in [0.717, 1.165) is 35.4 Å². The molecule has 4 aromatic carbocycles. The second kappa shape index (κ2) is 17.1. The van der Waals surface area contributed by atoms with Crippen molar-refractivity contribution in [1.82, 2.24) is 10.6 Å². The number of benzene rings is 4. The standard InChI is InChI=1S/C41H40F6N2O7/c42-40(43,44)27-13-9-23(10-14-27)21-55-34(38(53)48-36-30-7-3-1-5-25(30)17-32(36)51)19-29(50)20-35(56-22-24-11-15-28(16-12-24)41(45,46)47)39(54)49-37-31-8-4-2-6-26(31)18-33(37)52/h1-16,29,32-37,50-52H,17-22H2,(H,48,53)(H,49,54)/t32-,33-,34-,35-,36+,37+/m1/s1.